The van der Waals surface area contributed by atoms with Gasteiger partial charge in [0, 0.05) is 12.5 Å². The predicted molar refractivity (Wildman–Crippen MR) is 76.2 cm³/mol. The lowest BCUT2D eigenvalue weighted by Gasteiger charge is -2.34. The van der Waals surface area contributed by atoms with Crippen molar-refractivity contribution in [3.8, 4) is 0 Å². The molecule has 1 aromatic carbocycles. The van der Waals surface area contributed by atoms with Gasteiger partial charge in [-0.05, 0) is 31.4 Å². The molecule has 0 aromatic heterocycles. The summed E-state index contributed by atoms with van der Waals surface area (Å²) in [6, 6.07) is 9.48. The van der Waals surface area contributed by atoms with E-state index in [4.69, 9.17) is 14.7 Å². The number of carbonyl (C=O) groups is 1. The van der Waals surface area contributed by atoms with E-state index in [0.29, 0.717) is 6.42 Å². The molecular formula is C16H20O5. The first-order valence-electron chi connectivity index (χ1n) is 7.00. The number of hydrogen-bond donors (Lipinski definition) is 1. The number of benzene rings is 1. The fraction of sp³-hybridized carbons (Fsp3) is 0.438. The van der Waals surface area contributed by atoms with E-state index in [2.05, 4.69) is 4.89 Å². The van der Waals surface area contributed by atoms with Gasteiger partial charge in [0.25, 0.3) is 0 Å². The van der Waals surface area contributed by atoms with Gasteiger partial charge in [-0.25, -0.2) is 14.9 Å². The zero-order valence-electron chi connectivity index (χ0n) is 12.0. The Bertz CT molecular complexity index is 485. The summed E-state index contributed by atoms with van der Waals surface area (Å²) >= 11 is 0. The highest BCUT2D eigenvalue weighted by molar-refractivity contribution is 5.81. The summed E-state index contributed by atoms with van der Waals surface area (Å²) in [5.74, 6) is -1.42. The maximum absolute atomic E-state index is 11.6. The van der Waals surface area contributed by atoms with E-state index < -0.39 is 11.8 Å². The van der Waals surface area contributed by atoms with Crippen LogP contribution in [0.25, 0.3) is 0 Å². The molecule has 0 spiro atoms. The minimum atomic E-state index is -0.999. The average Bonchev–Trinajstić information content (AvgIpc) is 2.52. The van der Waals surface area contributed by atoms with Crippen molar-refractivity contribution in [2.45, 2.75) is 44.7 Å². The second-order valence-corrected chi connectivity index (χ2v) is 5.23. The summed E-state index contributed by atoms with van der Waals surface area (Å²) in [4.78, 5) is 16.0. The molecule has 1 fully saturated rings. The third-order valence-electron chi connectivity index (χ3n) is 3.38. The Hall–Kier alpha value is -1.69. The van der Waals surface area contributed by atoms with Gasteiger partial charge in [0.15, 0.2) is 5.79 Å². The molecule has 0 radical (unpaired) electrons. The van der Waals surface area contributed by atoms with Crippen LogP contribution in [-0.4, -0.2) is 23.1 Å². The molecule has 1 N–H and O–H groups in total. The van der Waals surface area contributed by atoms with Crippen molar-refractivity contribution in [3.63, 3.8) is 0 Å². The molecule has 1 saturated heterocycles. The van der Waals surface area contributed by atoms with E-state index in [1.165, 1.54) is 6.08 Å². The van der Waals surface area contributed by atoms with E-state index in [0.717, 1.165) is 18.4 Å². The lowest BCUT2D eigenvalue weighted by atomic mass is 10.0. The van der Waals surface area contributed by atoms with Crippen molar-refractivity contribution in [2.75, 3.05) is 0 Å². The van der Waals surface area contributed by atoms with E-state index in [1.807, 2.05) is 30.3 Å². The van der Waals surface area contributed by atoms with Crippen LogP contribution in [0.5, 0.6) is 0 Å². The molecular weight excluding hydrogens is 272 g/mol. The van der Waals surface area contributed by atoms with Crippen LogP contribution in [0.3, 0.4) is 0 Å². The molecule has 2 unspecified atom stereocenters. The van der Waals surface area contributed by atoms with Crippen LogP contribution < -0.4 is 0 Å². The second-order valence-electron chi connectivity index (χ2n) is 5.23. The molecule has 0 aliphatic carbocycles. The minimum Gasteiger partial charge on any atom is -0.458 e. The van der Waals surface area contributed by atoms with E-state index in [1.54, 1.807) is 13.0 Å². The van der Waals surface area contributed by atoms with Crippen molar-refractivity contribution >= 4 is 5.97 Å². The van der Waals surface area contributed by atoms with E-state index in [-0.39, 0.29) is 12.7 Å². The summed E-state index contributed by atoms with van der Waals surface area (Å²) in [6.07, 6.45) is 4.99. The Kier molecular flexibility index (Phi) is 5.50. The quantitative estimate of drug-likeness (QED) is 0.391. The van der Waals surface area contributed by atoms with Gasteiger partial charge in [-0.15, -0.1) is 0 Å². The smallest absolute Gasteiger partial charge is 0.330 e. The first-order chi connectivity index (χ1) is 10.1. The normalized spacial score (nSPS) is 25.9. The van der Waals surface area contributed by atoms with Crippen molar-refractivity contribution in [3.05, 3.63) is 48.0 Å². The molecule has 2 rings (SSSR count). The molecule has 5 heteroatoms. The van der Waals surface area contributed by atoms with Crippen LogP contribution in [0.15, 0.2) is 42.5 Å². The van der Waals surface area contributed by atoms with Gasteiger partial charge in [-0.1, -0.05) is 30.3 Å². The predicted octanol–water partition coefficient (Wildman–Crippen LogP) is 3.06. The molecule has 114 valence electrons. The third-order valence-corrected chi connectivity index (χ3v) is 3.38. The lowest BCUT2D eigenvalue weighted by Crippen LogP contribution is -2.39. The number of carbonyl (C=O) groups excluding carboxylic acids is 1. The van der Waals surface area contributed by atoms with Crippen LogP contribution in [0, 0.1) is 0 Å². The second kappa shape index (κ2) is 7.36. The highest BCUT2D eigenvalue weighted by Gasteiger charge is 2.33. The summed E-state index contributed by atoms with van der Waals surface area (Å²) in [6.45, 7) is 1.91. The van der Waals surface area contributed by atoms with E-state index in [9.17, 15) is 4.79 Å². The number of ether oxygens (including phenoxy) is 2. The summed E-state index contributed by atoms with van der Waals surface area (Å²) < 4.78 is 10.7. The Balaban J connectivity index is 1.79. The molecule has 1 aliphatic heterocycles. The molecule has 21 heavy (non-hydrogen) atoms. The van der Waals surface area contributed by atoms with Crippen molar-refractivity contribution < 1.29 is 24.4 Å². The molecule has 1 heterocycles. The Morgan fingerprint density at radius 1 is 1.48 bits per heavy atom. The number of hydrogen-bond acceptors (Lipinski definition) is 5. The highest BCUT2D eigenvalue weighted by Crippen LogP contribution is 2.29. The monoisotopic (exact) mass is 292 g/mol. The van der Waals surface area contributed by atoms with Gasteiger partial charge < -0.3 is 9.47 Å². The molecule has 0 amide bonds. The molecule has 0 saturated carbocycles. The Morgan fingerprint density at radius 3 is 2.95 bits per heavy atom. The SMILES string of the molecule is CC1(OO)CCCC(/C=C/C(=O)OCc2ccccc2)O1. The molecule has 5 nitrogen and oxygen atoms in total. The standard InChI is InChI=1S/C16H20O5/c1-16(21-18)11-5-8-14(20-16)9-10-15(17)19-12-13-6-3-2-4-7-13/h2-4,6-7,9-10,14,18H,5,8,11-12H2,1H3/b10-9+. The van der Waals surface area contributed by atoms with Gasteiger partial charge in [0.1, 0.15) is 6.61 Å². The molecule has 1 aromatic rings. The van der Waals surface area contributed by atoms with Gasteiger partial charge >= 0.3 is 5.97 Å². The molecule has 0 bridgehead atoms. The van der Waals surface area contributed by atoms with Gasteiger partial charge in [0.05, 0.1) is 6.10 Å². The van der Waals surface area contributed by atoms with Crippen LogP contribution in [0.2, 0.25) is 0 Å². The summed E-state index contributed by atoms with van der Waals surface area (Å²) in [7, 11) is 0. The Labute approximate surface area is 124 Å². The molecule has 2 atom stereocenters. The third kappa shape index (κ3) is 4.97. The average molecular weight is 292 g/mol. The molecule has 1 aliphatic rings. The summed E-state index contributed by atoms with van der Waals surface area (Å²) in [5.41, 5.74) is 0.939. The topological polar surface area (TPSA) is 65.0 Å². The van der Waals surface area contributed by atoms with Gasteiger partial charge in [-0.3, -0.25) is 0 Å². The maximum Gasteiger partial charge on any atom is 0.330 e. The number of rotatable bonds is 5. The van der Waals surface area contributed by atoms with Crippen LogP contribution in [0.4, 0.5) is 0 Å². The van der Waals surface area contributed by atoms with Crippen LogP contribution in [0.1, 0.15) is 31.7 Å². The number of esters is 1. The van der Waals surface area contributed by atoms with E-state index >= 15 is 0 Å². The zero-order valence-corrected chi connectivity index (χ0v) is 12.0. The highest BCUT2D eigenvalue weighted by atomic mass is 17.1. The first-order valence-corrected chi connectivity index (χ1v) is 7.00. The fourth-order valence-corrected chi connectivity index (χ4v) is 2.23. The maximum atomic E-state index is 11.6. The first kappa shape index (κ1) is 15.7. The van der Waals surface area contributed by atoms with Gasteiger partial charge in [-0.2, -0.15) is 0 Å². The van der Waals surface area contributed by atoms with Crippen molar-refractivity contribution in [1.82, 2.24) is 0 Å². The van der Waals surface area contributed by atoms with Crippen LogP contribution >= 0.6 is 0 Å². The van der Waals surface area contributed by atoms with Crippen molar-refractivity contribution in [2.24, 2.45) is 0 Å². The lowest BCUT2D eigenvalue weighted by molar-refractivity contribution is -0.412. The van der Waals surface area contributed by atoms with Gasteiger partial charge in [0.2, 0.25) is 0 Å². The Morgan fingerprint density at radius 2 is 2.24 bits per heavy atom. The van der Waals surface area contributed by atoms with Crippen LogP contribution in [-0.2, 0) is 25.8 Å². The zero-order chi connectivity index (χ0) is 15.1. The fourth-order valence-electron chi connectivity index (χ4n) is 2.23. The summed E-state index contributed by atoms with van der Waals surface area (Å²) in [5, 5.41) is 8.82. The largest absolute Gasteiger partial charge is 0.458 e. The van der Waals surface area contributed by atoms with Crippen molar-refractivity contribution in [1.29, 1.82) is 0 Å². The minimum absolute atomic E-state index is 0.243.